The Hall–Kier alpha value is -3.15. The maximum Gasteiger partial charge on any atom is 0.231 e. The van der Waals surface area contributed by atoms with Gasteiger partial charge in [-0.15, -0.1) is 0 Å². The second-order valence-corrected chi connectivity index (χ2v) is 4.93. The van der Waals surface area contributed by atoms with Crippen molar-refractivity contribution in [3.63, 3.8) is 0 Å². The number of anilines is 2. The van der Waals surface area contributed by atoms with E-state index < -0.39 is 5.82 Å². The molecule has 6 heteroatoms. The summed E-state index contributed by atoms with van der Waals surface area (Å²) in [6.07, 6.45) is 3.30. The van der Waals surface area contributed by atoms with Gasteiger partial charge in [-0.1, -0.05) is 6.07 Å². The highest BCUT2D eigenvalue weighted by molar-refractivity contribution is 5.71. The number of pyridine rings is 2. The first-order valence-electron chi connectivity index (χ1n) is 7.04. The van der Waals surface area contributed by atoms with Gasteiger partial charge in [-0.25, -0.2) is 14.4 Å². The Labute approximate surface area is 131 Å². The fraction of sp³-hybridized carbons (Fsp3) is 0.0588. The molecule has 2 aromatic heterocycles. The normalized spacial score (nSPS) is 12.2. The van der Waals surface area contributed by atoms with Crippen LogP contribution in [0.3, 0.4) is 0 Å². The number of halogens is 1. The van der Waals surface area contributed by atoms with E-state index in [9.17, 15) is 4.39 Å². The Balaban J connectivity index is 1.69. The molecule has 0 bridgehead atoms. The van der Waals surface area contributed by atoms with E-state index >= 15 is 0 Å². The Kier molecular flexibility index (Phi) is 3.27. The first-order valence-corrected chi connectivity index (χ1v) is 7.04. The van der Waals surface area contributed by atoms with Gasteiger partial charge in [0.15, 0.2) is 11.6 Å². The molecule has 3 aromatic rings. The lowest BCUT2D eigenvalue weighted by atomic mass is 10.1. The largest absolute Gasteiger partial charge is 0.453 e. The quantitative estimate of drug-likeness (QED) is 0.798. The fourth-order valence-corrected chi connectivity index (χ4v) is 2.40. The van der Waals surface area contributed by atoms with Gasteiger partial charge in [-0.2, -0.15) is 0 Å². The first-order chi connectivity index (χ1) is 11.3. The fourth-order valence-electron chi connectivity index (χ4n) is 2.40. The van der Waals surface area contributed by atoms with Gasteiger partial charge in [0.1, 0.15) is 11.6 Å². The molecule has 0 saturated heterocycles. The van der Waals surface area contributed by atoms with Crippen LogP contribution in [0.1, 0.15) is 0 Å². The van der Waals surface area contributed by atoms with E-state index in [0.29, 0.717) is 28.5 Å². The van der Waals surface area contributed by atoms with E-state index in [0.717, 1.165) is 0 Å². The van der Waals surface area contributed by atoms with Gasteiger partial charge < -0.3 is 14.8 Å². The molecule has 1 N–H and O–H groups in total. The predicted octanol–water partition coefficient (Wildman–Crippen LogP) is 3.76. The molecule has 0 saturated carbocycles. The Morgan fingerprint density at radius 2 is 1.87 bits per heavy atom. The minimum absolute atomic E-state index is 0.0402. The predicted molar refractivity (Wildman–Crippen MR) is 83.3 cm³/mol. The van der Waals surface area contributed by atoms with Crippen LogP contribution in [-0.2, 0) is 0 Å². The molecular weight excluding hydrogens is 297 g/mol. The third-order valence-corrected chi connectivity index (χ3v) is 3.47. The molecule has 0 amide bonds. The highest BCUT2D eigenvalue weighted by Gasteiger charge is 2.21. The van der Waals surface area contributed by atoms with Crippen molar-refractivity contribution in [2.24, 2.45) is 0 Å². The standard InChI is InChI=1S/C17H12FN3O2/c18-16-12(4-5-13-17(16)23-10-22-13)11-6-8-20-15(9-11)21-14-3-1-2-7-19-14/h1-9H,10H2,(H,19,20,21). The van der Waals surface area contributed by atoms with Crippen molar-refractivity contribution in [2.75, 3.05) is 12.1 Å². The van der Waals surface area contributed by atoms with Gasteiger partial charge in [0.2, 0.25) is 12.5 Å². The van der Waals surface area contributed by atoms with Crippen molar-refractivity contribution >= 4 is 11.6 Å². The van der Waals surface area contributed by atoms with Crippen molar-refractivity contribution in [1.29, 1.82) is 0 Å². The average molecular weight is 309 g/mol. The number of rotatable bonds is 3. The highest BCUT2D eigenvalue weighted by atomic mass is 19.1. The van der Waals surface area contributed by atoms with Gasteiger partial charge in [-0.3, -0.25) is 0 Å². The van der Waals surface area contributed by atoms with Crippen LogP contribution < -0.4 is 14.8 Å². The third-order valence-electron chi connectivity index (χ3n) is 3.47. The molecule has 3 heterocycles. The lowest BCUT2D eigenvalue weighted by molar-refractivity contribution is 0.171. The van der Waals surface area contributed by atoms with Crippen molar-refractivity contribution in [1.82, 2.24) is 9.97 Å². The summed E-state index contributed by atoms with van der Waals surface area (Å²) in [5.41, 5.74) is 1.12. The molecule has 0 aliphatic carbocycles. The van der Waals surface area contributed by atoms with E-state index in [1.165, 1.54) is 0 Å². The van der Waals surface area contributed by atoms with Gasteiger partial charge in [0.25, 0.3) is 0 Å². The van der Waals surface area contributed by atoms with Crippen LogP contribution in [-0.4, -0.2) is 16.8 Å². The van der Waals surface area contributed by atoms with Gasteiger partial charge in [-0.05, 0) is 42.0 Å². The van der Waals surface area contributed by atoms with Crippen molar-refractivity contribution < 1.29 is 13.9 Å². The zero-order chi connectivity index (χ0) is 15.6. The minimum Gasteiger partial charge on any atom is -0.453 e. The van der Waals surface area contributed by atoms with Crippen LogP contribution in [0.4, 0.5) is 16.0 Å². The van der Waals surface area contributed by atoms with E-state index in [4.69, 9.17) is 9.47 Å². The van der Waals surface area contributed by atoms with E-state index in [1.54, 1.807) is 36.7 Å². The number of ether oxygens (including phenoxy) is 2. The number of fused-ring (bicyclic) bond motifs is 1. The summed E-state index contributed by atoms with van der Waals surface area (Å²) in [7, 11) is 0. The maximum absolute atomic E-state index is 14.6. The molecule has 0 spiro atoms. The molecule has 0 fully saturated rings. The molecular formula is C17H12FN3O2. The number of hydrogen-bond donors (Lipinski definition) is 1. The van der Waals surface area contributed by atoms with Crippen molar-refractivity contribution in [2.45, 2.75) is 0 Å². The number of nitrogens with zero attached hydrogens (tertiary/aromatic N) is 2. The highest BCUT2D eigenvalue weighted by Crippen LogP contribution is 2.39. The summed E-state index contributed by atoms with van der Waals surface area (Å²) >= 11 is 0. The van der Waals surface area contributed by atoms with Crippen LogP contribution in [0.25, 0.3) is 11.1 Å². The molecule has 4 rings (SSSR count). The van der Waals surface area contributed by atoms with Crippen LogP contribution in [0.5, 0.6) is 11.5 Å². The van der Waals surface area contributed by atoms with Crippen molar-refractivity contribution in [3.05, 3.63) is 60.7 Å². The number of aromatic nitrogens is 2. The number of nitrogens with one attached hydrogen (secondary N) is 1. The average Bonchev–Trinajstić information content (AvgIpc) is 3.06. The van der Waals surface area contributed by atoms with Crippen LogP contribution in [0, 0.1) is 5.82 Å². The van der Waals surface area contributed by atoms with Crippen molar-refractivity contribution in [3.8, 4) is 22.6 Å². The Morgan fingerprint density at radius 1 is 0.957 bits per heavy atom. The second-order valence-electron chi connectivity index (χ2n) is 4.93. The number of benzene rings is 1. The monoisotopic (exact) mass is 309 g/mol. The smallest absolute Gasteiger partial charge is 0.231 e. The lowest BCUT2D eigenvalue weighted by Crippen LogP contribution is -1.96. The molecule has 114 valence electrons. The SMILES string of the molecule is Fc1c(-c2ccnc(Nc3ccccn3)c2)ccc2c1OCO2. The molecule has 0 radical (unpaired) electrons. The summed E-state index contributed by atoms with van der Waals surface area (Å²) in [4.78, 5) is 8.41. The summed E-state index contributed by atoms with van der Waals surface area (Å²) in [6.45, 7) is 0.0402. The molecule has 23 heavy (non-hydrogen) atoms. The van der Waals surface area contributed by atoms with Crippen LogP contribution >= 0.6 is 0 Å². The van der Waals surface area contributed by atoms with E-state index in [-0.39, 0.29) is 12.5 Å². The second kappa shape index (κ2) is 5.57. The molecule has 1 aliphatic rings. The Morgan fingerprint density at radius 3 is 2.74 bits per heavy atom. The Bertz CT molecular complexity index is 856. The molecule has 0 atom stereocenters. The zero-order valence-electron chi connectivity index (χ0n) is 12.0. The topological polar surface area (TPSA) is 56.3 Å². The molecule has 5 nitrogen and oxygen atoms in total. The summed E-state index contributed by atoms with van der Waals surface area (Å²) in [5.74, 6) is 1.39. The van der Waals surface area contributed by atoms with E-state index in [2.05, 4.69) is 15.3 Å². The minimum atomic E-state index is -0.435. The first kappa shape index (κ1) is 13.5. The zero-order valence-corrected chi connectivity index (χ0v) is 12.0. The van der Waals surface area contributed by atoms with Gasteiger partial charge in [0.05, 0.1) is 0 Å². The van der Waals surface area contributed by atoms with Gasteiger partial charge >= 0.3 is 0 Å². The third kappa shape index (κ3) is 2.55. The van der Waals surface area contributed by atoms with Gasteiger partial charge in [0, 0.05) is 18.0 Å². The molecule has 1 aromatic carbocycles. The summed E-state index contributed by atoms with van der Waals surface area (Å²) in [5, 5.41) is 3.09. The summed E-state index contributed by atoms with van der Waals surface area (Å²) < 4.78 is 24.9. The molecule has 1 aliphatic heterocycles. The summed E-state index contributed by atoms with van der Waals surface area (Å²) in [6, 6.07) is 12.4. The van der Waals surface area contributed by atoms with Crippen LogP contribution in [0.15, 0.2) is 54.9 Å². The van der Waals surface area contributed by atoms with E-state index in [1.807, 2.05) is 18.2 Å². The molecule has 0 unspecified atom stereocenters. The lowest BCUT2D eigenvalue weighted by Gasteiger charge is -2.09. The number of hydrogen-bond acceptors (Lipinski definition) is 5. The maximum atomic E-state index is 14.6. The van der Waals surface area contributed by atoms with Crippen LogP contribution in [0.2, 0.25) is 0 Å².